The molecule has 1 N–H and O–H groups in total. The minimum absolute atomic E-state index is 0.240. The predicted octanol–water partition coefficient (Wildman–Crippen LogP) is 0.155. The van der Waals surface area contributed by atoms with Gasteiger partial charge < -0.3 is 4.74 Å². The molecular formula is C7H8N2O3. The number of aromatic nitrogens is 2. The minimum atomic E-state index is -0.541. The molecule has 5 nitrogen and oxygen atoms in total. The summed E-state index contributed by atoms with van der Waals surface area (Å²) in [6.45, 7) is 0. The van der Waals surface area contributed by atoms with E-state index in [2.05, 4.69) is 14.9 Å². The summed E-state index contributed by atoms with van der Waals surface area (Å²) < 4.78 is 4.33. The Labute approximate surface area is 68.7 Å². The lowest BCUT2D eigenvalue weighted by molar-refractivity contribution is -0.139. The van der Waals surface area contributed by atoms with Crippen LogP contribution in [0.1, 0.15) is 16.8 Å². The van der Waals surface area contributed by atoms with E-state index in [4.69, 9.17) is 0 Å². The number of nitrogens with one attached hydrogen (secondary N) is 1. The fourth-order valence-corrected chi connectivity index (χ4v) is 0.709. The zero-order chi connectivity index (χ0) is 8.97. The fourth-order valence-electron chi connectivity index (χ4n) is 0.709. The van der Waals surface area contributed by atoms with Crippen LogP contribution in [-0.2, 0) is 9.53 Å². The third-order valence-corrected chi connectivity index (χ3v) is 1.35. The average Bonchev–Trinajstić information content (AvgIpc) is 2.56. The lowest BCUT2D eigenvalue weighted by atomic mass is 10.2. The number of H-pyrrole nitrogens is 1. The van der Waals surface area contributed by atoms with E-state index in [0.29, 0.717) is 5.56 Å². The molecule has 1 heterocycles. The number of ketones is 1. The van der Waals surface area contributed by atoms with Gasteiger partial charge in [-0.15, -0.1) is 0 Å². The molecule has 1 aromatic rings. The standard InChI is InChI=1S/C7H8N2O3/c1-12-7(11)2-6(10)5-3-8-9-4-5/h3-4H,2H2,1H3,(H,8,9). The summed E-state index contributed by atoms with van der Waals surface area (Å²) in [6.07, 6.45) is 2.56. The van der Waals surface area contributed by atoms with Crippen molar-refractivity contribution in [3.63, 3.8) is 0 Å². The molecule has 0 bridgehead atoms. The molecule has 0 saturated heterocycles. The molecule has 5 heteroatoms. The van der Waals surface area contributed by atoms with Crippen LogP contribution in [0.4, 0.5) is 0 Å². The number of carbonyl (C=O) groups excluding carboxylic acids is 2. The Hall–Kier alpha value is -1.65. The van der Waals surface area contributed by atoms with Crippen molar-refractivity contribution < 1.29 is 14.3 Å². The molecule has 0 aliphatic carbocycles. The summed E-state index contributed by atoms with van der Waals surface area (Å²) in [5.74, 6) is -0.836. The number of esters is 1. The third kappa shape index (κ3) is 1.91. The highest BCUT2D eigenvalue weighted by Crippen LogP contribution is 2.00. The van der Waals surface area contributed by atoms with Crippen LogP contribution in [0.25, 0.3) is 0 Å². The Balaban J connectivity index is 2.56. The molecule has 0 spiro atoms. The molecule has 0 fully saturated rings. The first-order valence-electron chi connectivity index (χ1n) is 3.33. The van der Waals surface area contributed by atoms with E-state index in [1.807, 2.05) is 0 Å². The molecule has 0 saturated carbocycles. The molecule has 1 aromatic heterocycles. The molecule has 0 radical (unpaired) electrons. The summed E-state index contributed by atoms with van der Waals surface area (Å²) in [4.78, 5) is 21.8. The summed E-state index contributed by atoms with van der Waals surface area (Å²) in [5.41, 5.74) is 0.389. The Morgan fingerprint density at radius 1 is 1.67 bits per heavy atom. The van der Waals surface area contributed by atoms with E-state index >= 15 is 0 Å². The second-order valence-electron chi connectivity index (χ2n) is 2.16. The van der Waals surface area contributed by atoms with Crippen molar-refractivity contribution in [1.29, 1.82) is 0 Å². The Kier molecular flexibility index (Phi) is 2.57. The topological polar surface area (TPSA) is 72.1 Å². The van der Waals surface area contributed by atoms with Gasteiger partial charge in [0.25, 0.3) is 0 Å². The lowest BCUT2D eigenvalue weighted by Gasteiger charge is -1.94. The quantitative estimate of drug-likeness (QED) is 0.396. The van der Waals surface area contributed by atoms with Crippen molar-refractivity contribution in [2.45, 2.75) is 6.42 Å². The number of hydrogen-bond acceptors (Lipinski definition) is 4. The zero-order valence-electron chi connectivity index (χ0n) is 6.53. The number of rotatable bonds is 3. The van der Waals surface area contributed by atoms with Crippen LogP contribution in [-0.4, -0.2) is 29.1 Å². The van der Waals surface area contributed by atoms with E-state index in [1.165, 1.54) is 19.5 Å². The molecule has 0 aliphatic heterocycles. The summed E-state index contributed by atoms with van der Waals surface area (Å²) in [5, 5.41) is 6.06. The molecular weight excluding hydrogens is 160 g/mol. The van der Waals surface area contributed by atoms with Gasteiger partial charge >= 0.3 is 5.97 Å². The summed E-state index contributed by atoms with van der Waals surface area (Å²) in [7, 11) is 1.24. The Morgan fingerprint density at radius 2 is 2.42 bits per heavy atom. The van der Waals surface area contributed by atoms with Gasteiger partial charge in [0.1, 0.15) is 6.42 Å². The maximum atomic E-state index is 11.1. The molecule has 0 unspecified atom stereocenters. The maximum absolute atomic E-state index is 11.1. The van der Waals surface area contributed by atoms with Crippen molar-refractivity contribution in [3.8, 4) is 0 Å². The molecule has 0 aliphatic rings. The van der Waals surface area contributed by atoms with Gasteiger partial charge in [-0.2, -0.15) is 5.10 Å². The van der Waals surface area contributed by atoms with Gasteiger partial charge in [0.05, 0.1) is 18.9 Å². The van der Waals surface area contributed by atoms with Crippen LogP contribution in [0.2, 0.25) is 0 Å². The van der Waals surface area contributed by atoms with Gasteiger partial charge in [-0.3, -0.25) is 14.7 Å². The Bertz CT molecular complexity index is 279. The van der Waals surface area contributed by atoms with Crippen LogP contribution in [0.5, 0.6) is 0 Å². The summed E-state index contributed by atoms with van der Waals surface area (Å²) in [6, 6.07) is 0. The molecule has 0 aromatic carbocycles. The maximum Gasteiger partial charge on any atom is 0.313 e. The molecule has 64 valence electrons. The van der Waals surface area contributed by atoms with E-state index in [1.54, 1.807) is 0 Å². The van der Waals surface area contributed by atoms with E-state index in [-0.39, 0.29) is 12.2 Å². The van der Waals surface area contributed by atoms with E-state index in [9.17, 15) is 9.59 Å². The fraction of sp³-hybridized carbons (Fsp3) is 0.286. The highest BCUT2D eigenvalue weighted by Gasteiger charge is 2.11. The highest BCUT2D eigenvalue weighted by atomic mass is 16.5. The van der Waals surface area contributed by atoms with Crippen LogP contribution in [0.3, 0.4) is 0 Å². The van der Waals surface area contributed by atoms with Gasteiger partial charge in [-0.05, 0) is 0 Å². The van der Waals surface area contributed by atoms with Crippen molar-refractivity contribution in [1.82, 2.24) is 10.2 Å². The third-order valence-electron chi connectivity index (χ3n) is 1.35. The van der Waals surface area contributed by atoms with Gasteiger partial charge in [0, 0.05) is 6.20 Å². The van der Waals surface area contributed by atoms with Crippen molar-refractivity contribution in [3.05, 3.63) is 18.0 Å². The number of carbonyl (C=O) groups is 2. The smallest absolute Gasteiger partial charge is 0.313 e. The first-order valence-corrected chi connectivity index (χ1v) is 3.33. The van der Waals surface area contributed by atoms with Crippen molar-refractivity contribution in [2.24, 2.45) is 0 Å². The van der Waals surface area contributed by atoms with Crippen LogP contribution in [0.15, 0.2) is 12.4 Å². The molecule has 0 atom stereocenters. The predicted molar refractivity (Wildman–Crippen MR) is 39.6 cm³/mol. The van der Waals surface area contributed by atoms with Gasteiger partial charge in [-0.25, -0.2) is 0 Å². The SMILES string of the molecule is COC(=O)CC(=O)c1cn[nH]c1. The van der Waals surface area contributed by atoms with E-state index in [0.717, 1.165) is 0 Å². The number of ether oxygens (including phenoxy) is 1. The van der Waals surface area contributed by atoms with Crippen molar-refractivity contribution in [2.75, 3.05) is 7.11 Å². The largest absolute Gasteiger partial charge is 0.469 e. The van der Waals surface area contributed by atoms with Gasteiger partial charge in [0.15, 0.2) is 5.78 Å². The number of aromatic amines is 1. The first-order chi connectivity index (χ1) is 5.74. The van der Waals surface area contributed by atoms with Crippen molar-refractivity contribution >= 4 is 11.8 Å². The minimum Gasteiger partial charge on any atom is -0.469 e. The first kappa shape index (κ1) is 8.45. The molecule has 0 amide bonds. The number of Topliss-reactive ketones (excluding diaryl/α,β-unsaturated/α-hetero) is 1. The van der Waals surface area contributed by atoms with Gasteiger partial charge in [-0.1, -0.05) is 0 Å². The molecule has 12 heavy (non-hydrogen) atoms. The number of nitrogens with zero attached hydrogens (tertiary/aromatic N) is 1. The lowest BCUT2D eigenvalue weighted by Crippen LogP contribution is -2.08. The average molecular weight is 168 g/mol. The highest BCUT2D eigenvalue weighted by molar-refractivity contribution is 6.05. The number of hydrogen-bond donors (Lipinski definition) is 1. The normalized spacial score (nSPS) is 9.42. The van der Waals surface area contributed by atoms with Gasteiger partial charge in [0.2, 0.25) is 0 Å². The zero-order valence-corrected chi connectivity index (χ0v) is 6.53. The second-order valence-corrected chi connectivity index (χ2v) is 2.16. The van der Waals surface area contributed by atoms with Crippen LogP contribution < -0.4 is 0 Å². The monoisotopic (exact) mass is 168 g/mol. The molecule has 1 rings (SSSR count). The van der Waals surface area contributed by atoms with E-state index < -0.39 is 5.97 Å². The Morgan fingerprint density at radius 3 is 2.92 bits per heavy atom. The second kappa shape index (κ2) is 3.66. The van der Waals surface area contributed by atoms with Crippen LogP contribution in [0, 0.1) is 0 Å². The number of methoxy groups -OCH3 is 1. The van der Waals surface area contributed by atoms with Crippen LogP contribution >= 0.6 is 0 Å². The summed E-state index contributed by atoms with van der Waals surface area (Å²) >= 11 is 0.